The highest BCUT2D eigenvalue weighted by Gasteiger charge is 2.37. The van der Waals surface area contributed by atoms with E-state index in [-0.39, 0.29) is 30.3 Å². The SMILES string of the molecule is CCOc1cccc(F)c1CN1CCN(C(=O)[C@H](NC(=O)OCc2ccccc2)C2CCN(CCc3cc(Cl)ccc3C3=CCCN(C(=O)OC(C)(C)C)C3)CC2)CC1. The molecule has 59 heavy (non-hydrogen) atoms. The van der Waals surface area contributed by atoms with E-state index in [1.165, 1.54) is 6.07 Å². The Morgan fingerprint density at radius 3 is 2.36 bits per heavy atom. The molecule has 0 spiro atoms. The van der Waals surface area contributed by atoms with Crippen molar-refractivity contribution < 1.29 is 33.0 Å². The lowest BCUT2D eigenvalue weighted by atomic mass is 9.88. The van der Waals surface area contributed by atoms with E-state index in [4.69, 9.17) is 25.8 Å². The number of piperidine rings is 1. The first-order valence-electron chi connectivity index (χ1n) is 20.9. The van der Waals surface area contributed by atoms with Crippen molar-refractivity contribution in [2.75, 3.05) is 65.5 Å². The molecule has 3 aromatic carbocycles. The van der Waals surface area contributed by atoms with Crippen molar-refractivity contribution in [2.24, 2.45) is 5.92 Å². The van der Waals surface area contributed by atoms with Crippen molar-refractivity contribution in [2.45, 2.75) is 78.2 Å². The molecule has 6 rings (SSSR count). The van der Waals surface area contributed by atoms with Crippen LogP contribution in [-0.4, -0.2) is 115 Å². The monoisotopic (exact) mass is 831 g/mol. The van der Waals surface area contributed by atoms with Crippen molar-refractivity contribution >= 4 is 35.3 Å². The molecule has 3 aromatic rings. The second-order valence-electron chi connectivity index (χ2n) is 16.6. The van der Waals surface area contributed by atoms with Gasteiger partial charge in [0.2, 0.25) is 5.91 Å². The molecule has 11 nitrogen and oxygen atoms in total. The first-order valence-corrected chi connectivity index (χ1v) is 21.3. The van der Waals surface area contributed by atoms with Crippen LogP contribution >= 0.6 is 11.6 Å². The normalized spacial score (nSPS) is 17.6. The van der Waals surface area contributed by atoms with Crippen molar-refractivity contribution in [3.8, 4) is 5.75 Å². The third-order valence-corrected chi connectivity index (χ3v) is 11.4. The number of amides is 3. The Balaban J connectivity index is 1.07. The minimum atomic E-state index is -0.742. The molecule has 0 aromatic heterocycles. The van der Waals surface area contributed by atoms with Crippen LogP contribution < -0.4 is 10.1 Å². The van der Waals surface area contributed by atoms with E-state index in [1.807, 2.05) is 81.1 Å². The largest absolute Gasteiger partial charge is 0.493 e. The molecule has 3 heterocycles. The number of hydrogen-bond donors (Lipinski definition) is 1. The van der Waals surface area contributed by atoms with Crippen LogP contribution in [0.1, 0.15) is 69.2 Å². The average molecular weight is 832 g/mol. The third-order valence-electron chi connectivity index (χ3n) is 11.2. The van der Waals surface area contributed by atoms with Gasteiger partial charge in [-0.1, -0.05) is 60.1 Å². The van der Waals surface area contributed by atoms with Gasteiger partial charge in [0, 0.05) is 62.9 Å². The molecule has 13 heteroatoms. The van der Waals surface area contributed by atoms with E-state index in [1.54, 1.807) is 17.0 Å². The number of benzene rings is 3. The van der Waals surface area contributed by atoms with Crippen LogP contribution in [0.25, 0.3) is 5.57 Å². The predicted molar refractivity (Wildman–Crippen MR) is 228 cm³/mol. The maximum atomic E-state index is 14.8. The van der Waals surface area contributed by atoms with Crippen LogP contribution in [0, 0.1) is 11.7 Å². The number of nitrogens with one attached hydrogen (secondary N) is 1. The average Bonchev–Trinajstić information content (AvgIpc) is 3.23. The fourth-order valence-corrected chi connectivity index (χ4v) is 8.29. The Kier molecular flexibility index (Phi) is 15.3. The molecule has 0 bridgehead atoms. The summed E-state index contributed by atoms with van der Waals surface area (Å²) in [5.41, 5.74) is 4.11. The zero-order valence-electron chi connectivity index (χ0n) is 34.9. The standard InChI is InChI=1S/C46H59ClFN5O6/c1-5-57-41-15-9-14-40(48)39(41)31-51-25-27-52(28-26-51)43(54)42(49-44(55)58-32-33-11-7-6-8-12-33)34-18-22-50(23-19-34)24-20-35-29-37(47)16-17-38(35)36-13-10-21-53(30-36)45(56)59-46(2,3)4/h6-9,11-17,29,34,42H,5,10,18-28,30-32H2,1-4H3,(H,49,55)/t42-/m1/s1. The van der Waals surface area contributed by atoms with Gasteiger partial charge in [-0.15, -0.1) is 0 Å². The summed E-state index contributed by atoms with van der Waals surface area (Å²) in [4.78, 5) is 48.6. The number of rotatable bonds is 13. The zero-order chi connectivity index (χ0) is 41.9. The molecule has 1 atom stereocenters. The zero-order valence-corrected chi connectivity index (χ0v) is 35.6. The van der Waals surface area contributed by atoms with E-state index in [0.29, 0.717) is 68.8 Å². The van der Waals surface area contributed by atoms with E-state index in [9.17, 15) is 18.8 Å². The fourth-order valence-electron chi connectivity index (χ4n) is 8.09. The highest BCUT2D eigenvalue weighted by Crippen LogP contribution is 2.30. The molecule has 0 saturated carbocycles. The molecule has 1 N–H and O–H groups in total. The van der Waals surface area contributed by atoms with Gasteiger partial charge in [0.25, 0.3) is 0 Å². The van der Waals surface area contributed by atoms with Crippen molar-refractivity contribution in [1.29, 1.82) is 0 Å². The van der Waals surface area contributed by atoms with E-state index in [2.05, 4.69) is 21.2 Å². The molecule has 3 aliphatic heterocycles. The fraction of sp³-hybridized carbons (Fsp3) is 0.500. The number of ether oxygens (including phenoxy) is 3. The first-order chi connectivity index (χ1) is 28.4. The van der Waals surface area contributed by atoms with Gasteiger partial charge in [0.15, 0.2) is 0 Å². The second kappa shape index (κ2) is 20.5. The summed E-state index contributed by atoms with van der Waals surface area (Å²) in [6, 6.07) is 19.6. The van der Waals surface area contributed by atoms with Crippen LogP contribution in [-0.2, 0) is 33.8 Å². The molecular formula is C46H59ClFN5O6. The number of nitrogens with zero attached hydrogens (tertiary/aromatic N) is 4. The van der Waals surface area contributed by atoms with Gasteiger partial charge in [0.05, 0.1) is 6.61 Å². The molecular weight excluding hydrogens is 773 g/mol. The van der Waals surface area contributed by atoms with Crippen molar-refractivity contribution in [3.05, 3.63) is 106 Å². The molecule has 318 valence electrons. The Morgan fingerprint density at radius 1 is 0.898 bits per heavy atom. The van der Waals surface area contributed by atoms with Gasteiger partial charge in [-0.3, -0.25) is 9.69 Å². The molecule has 0 aliphatic carbocycles. The topological polar surface area (TPSA) is 104 Å². The van der Waals surface area contributed by atoms with E-state index in [0.717, 1.165) is 67.6 Å². The number of carbonyl (C=O) groups excluding carboxylic acids is 3. The Bertz CT molecular complexity index is 1920. The van der Waals surface area contributed by atoms with Gasteiger partial charge in [0.1, 0.15) is 29.8 Å². The molecule has 2 saturated heterocycles. The summed E-state index contributed by atoms with van der Waals surface area (Å²) in [5.74, 6) is 0.0313. The number of piperazine rings is 1. The van der Waals surface area contributed by atoms with Crippen LogP contribution in [0.4, 0.5) is 14.0 Å². The first kappa shape index (κ1) is 43.9. The summed E-state index contributed by atoms with van der Waals surface area (Å²) < 4.78 is 31.8. The van der Waals surface area contributed by atoms with Gasteiger partial charge in [-0.25, -0.2) is 14.0 Å². The van der Waals surface area contributed by atoms with Gasteiger partial charge >= 0.3 is 12.2 Å². The predicted octanol–water partition coefficient (Wildman–Crippen LogP) is 7.80. The summed E-state index contributed by atoms with van der Waals surface area (Å²) in [5, 5.41) is 3.64. The highest BCUT2D eigenvalue weighted by molar-refractivity contribution is 6.30. The molecule has 3 aliphatic rings. The van der Waals surface area contributed by atoms with E-state index < -0.39 is 17.7 Å². The van der Waals surface area contributed by atoms with Gasteiger partial charge in [-0.05, 0) is 119 Å². The van der Waals surface area contributed by atoms with Gasteiger partial charge < -0.3 is 34.2 Å². The number of likely N-dealkylation sites (tertiary alicyclic amines) is 1. The summed E-state index contributed by atoms with van der Waals surface area (Å²) in [6.45, 7) is 13.9. The minimum absolute atomic E-state index is 0.0822. The minimum Gasteiger partial charge on any atom is -0.493 e. The van der Waals surface area contributed by atoms with Crippen LogP contribution in [0.2, 0.25) is 5.02 Å². The third kappa shape index (κ3) is 12.4. The highest BCUT2D eigenvalue weighted by atomic mass is 35.5. The molecule has 3 amide bonds. The lowest BCUT2D eigenvalue weighted by molar-refractivity contribution is -0.137. The Morgan fingerprint density at radius 2 is 1.64 bits per heavy atom. The quantitative estimate of drug-likeness (QED) is 0.186. The summed E-state index contributed by atoms with van der Waals surface area (Å²) >= 11 is 6.52. The van der Waals surface area contributed by atoms with Crippen LogP contribution in [0.15, 0.2) is 72.8 Å². The molecule has 2 fully saturated rings. The lowest BCUT2D eigenvalue weighted by Crippen LogP contribution is -2.58. The summed E-state index contributed by atoms with van der Waals surface area (Å²) in [6.07, 6.45) is 4.23. The molecule has 0 radical (unpaired) electrons. The van der Waals surface area contributed by atoms with Crippen LogP contribution in [0.5, 0.6) is 5.75 Å². The summed E-state index contributed by atoms with van der Waals surface area (Å²) in [7, 11) is 0. The van der Waals surface area contributed by atoms with Crippen LogP contribution in [0.3, 0.4) is 0 Å². The number of alkyl carbamates (subject to hydrolysis) is 1. The van der Waals surface area contributed by atoms with Crippen molar-refractivity contribution in [3.63, 3.8) is 0 Å². The Labute approximate surface area is 353 Å². The van der Waals surface area contributed by atoms with Crippen molar-refractivity contribution in [1.82, 2.24) is 24.9 Å². The smallest absolute Gasteiger partial charge is 0.410 e. The maximum absolute atomic E-state index is 14.8. The van der Waals surface area contributed by atoms with E-state index >= 15 is 0 Å². The maximum Gasteiger partial charge on any atom is 0.410 e. The Hall–Kier alpha value is -4.65. The number of halogens is 2. The molecule has 0 unspecified atom stereocenters. The number of hydrogen-bond acceptors (Lipinski definition) is 8. The second-order valence-corrected chi connectivity index (χ2v) is 17.0. The lowest BCUT2D eigenvalue weighted by Gasteiger charge is -2.40. The van der Waals surface area contributed by atoms with Gasteiger partial charge in [-0.2, -0.15) is 0 Å². The number of carbonyl (C=O) groups is 3.